The number of aromatic amines is 1. The lowest BCUT2D eigenvalue weighted by atomic mass is 10.5. The summed E-state index contributed by atoms with van der Waals surface area (Å²) < 4.78 is 9.92. The fraction of sp³-hybridized carbons (Fsp3) is 0.333. The zero-order chi connectivity index (χ0) is 11.7. The van der Waals surface area contributed by atoms with Crippen molar-refractivity contribution >= 4 is 11.2 Å². The summed E-state index contributed by atoms with van der Waals surface area (Å²) in [6.07, 6.45) is 0. The average molecular weight is 222 g/mol. The Morgan fingerprint density at radius 3 is 2.31 bits per heavy atom. The van der Waals surface area contributed by atoms with Crippen molar-refractivity contribution in [3.8, 4) is 11.8 Å². The quantitative estimate of drug-likeness (QED) is 0.771. The summed E-state index contributed by atoms with van der Waals surface area (Å²) in [7, 11) is 2.87. The van der Waals surface area contributed by atoms with Gasteiger partial charge in [-0.1, -0.05) is 0 Å². The standard InChI is InChI=1S/C9H10N4O3/c1-4-10-6-5(7(14)11-4)12-8(15-2)9(13-6)16-3/h1-3H3,(H,10,11,13,14). The Balaban J connectivity index is 2.83. The van der Waals surface area contributed by atoms with Crippen LogP contribution in [0.25, 0.3) is 11.2 Å². The van der Waals surface area contributed by atoms with Crippen molar-refractivity contribution in [1.29, 1.82) is 0 Å². The monoisotopic (exact) mass is 222 g/mol. The van der Waals surface area contributed by atoms with E-state index in [1.165, 1.54) is 14.2 Å². The molecule has 0 aliphatic carbocycles. The van der Waals surface area contributed by atoms with Crippen LogP contribution < -0.4 is 15.0 Å². The summed E-state index contributed by atoms with van der Waals surface area (Å²) in [5.74, 6) is 0.831. The lowest BCUT2D eigenvalue weighted by Crippen LogP contribution is -2.13. The maximum Gasteiger partial charge on any atom is 0.279 e. The van der Waals surface area contributed by atoms with E-state index >= 15 is 0 Å². The van der Waals surface area contributed by atoms with Gasteiger partial charge in [0.05, 0.1) is 14.2 Å². The van der Waals surface area contributed by atoms with E-state index in [9.17, 15) is 4.79 Å². The summed E-state index contributed by atoms with van der Waals surface area (Å²) in [4.78, 5) is 26.2. The molecule has 1 N–H and O–H groups in total. The highest BCUT2D eigenvalue weighted by Gasteiger charge is 2.13. The molecule has 0 bridgehead atoms. The summed E-state index contributed by atoms with van der Waals surface area (Å²) >= 11 is 0. The molecule has 2 aromatic heterocycles. The molecule has 2 aromatic rings. The molecular weight excluding hydrogens is 212 g/mol. The van der Waals surface area contributed by atoms with Crippen molar-refractivity contribution in [1.82, 2.24) is 19.9 Å². The van der Waals surface area contributed by atoms with Gasteiger partial charge in [-0.3, -0.25) is 4.79 Å². The van der Waals surface area contributed by atoms with E-state index in [1.807, 2.05) is 0 Å². The number of aromatic nitrogens is 4. The third-order valence-electron chi connectivity index (χ3n) is 1.99. The number of H-pyrrole nitrogens is 1. The number of hydrogen-bond donors (Lipinski definition) is 1. The molecule has 2 heterocycles. The van der Waals surface area contributed by atoms with Crippen LogP contribution in [0.4, 0.5) is 0 Å². The summed E-state index contributed by atoms with van der Waals surface area (Å²) in [6.45, 7) is 1.67. The largest absolute Gasteiger partial charge is 0.477 e. The molecule has 0 saturated heterocycles. The van der Waals surface area contributed by atoms with Crippen molar-refractivity contribution in [2.24, 2.45) is 0 Å². The third-order valence-corrected chi connectivity index (χ3v) is 1.99. The second-order valence-electron chi connectivity index (χ2n) is 3.07. The lowest BCUT2D eigenvalue weighted by Gasteiger charge is -2.05. The van der Waals surface area contributed by atoms with E-state index in [0.29, 0.717) is 5.82 Å². The molecule has 0 spiro atoms. The first-order valence-corrected chi connectivity index (χ1v) is 4.52. The molecule has 16 heavy (non-hydrogen) atoms. The number of nitrogens with zero attached hydrogens (tertiary/aromatic N) is 3. The van der Waals surface area contributed by atoms with Crippen molar-refractivity contribution in [2.75, 3.05) is 14.2 Å². The highest BCUT2D eigenvalue weighted by Crippen LogP contribution is 2.22. The van der Waals surface area contributed by atoms with Gasteiger partial charge in [0.2, 0.25) is 0 Å². The van der Waals surface area contributed by atoms with Crippen LogP contribution in [0.15, 0.2) is 4.79 Å². The summed E-state index contributed by atoms with van der Waals surface area (Å²) in [5, 5.41) is 0. The van der Waals surface area contributed by atoms with Crippen LogP contribution >= 0.6 is 0 Å². The van der Waals surface area contributed by atoms with Gasteiger partial charge in [0.1, 0.15) is 5.82 Å². The molecule has 0 unspecified atom stereocenters. The van der Waals surface area contributed by atoms with Gasteiger partial charge in [-0.05, 0) is 6.92 Å². The molecule has 0 aromatic carbocycles. The first kappa shape index (κ1) is 10.3. The highest BCUT2D eigenvalue weighted by molar-refractivity contribution is 5.69. The Morgan fingerprint density at radius 1 is 1.06 bits per heavy atom. The van der Waals surface area contributed by atoms with Gasteiger partial charge in [-0.15, -0.1) is 0 Å². The second kappa shape index (κ2) is 3.76. The average Bonchev–Trinajstić information content (AvgIpc) is 2.27. The van der Waals surface area contributed by atoms with Crippen molar-refractivity contribution in [3.05, 3.63) is 16.2 Å². The fourth-order valence-corrected chi connectivity index (χ4v) is 1.30. The molecule has 0 atom stereocenters. The van der Waals surface area contributed by atoms with Gasteiger partial charge in [0.15, 0.2) is 11.2 Å². The first-order valence-electron chi connectivity index (χ1n) is 4.52. The van der Waals surface area contributed by atoms with Gasteiger partial charge >= 0.3 is 0 Å². The lowest BCUT2D eigenvalue weighted by molar-refractivity contribution is 0.334. The zero-order valence-electron chi connectivity index (χ0n) is 9.07. The van der Waals surface area contributed by atoms with Crippen LogP contribution in [0.2, 0.25) is 0 Å². The molecular formula is C9H10N4O3. The van der Waals surface area contributed by atoms with E-state index in [2.05, 4.69) is 19.9 Å². The van der Waals surface area contributed by atoms with Gasteiger partial charge in [-0.2, -0.15) is 9.97 Å². The number of rotatable bonds is 2. The van der Waals surface area contributed by atoms with Gasteiger partial charge in [0, 0.05) is 0 Å². The molecule has 2 rings (SSSR count). The third kappa shape index (κ3) is 1.56. The number of nitrogens with one attached hydrogen (secondary N) is 1. The maximum absolute atomic E-state index is 11.6. The predicted octanol–water partition coefficient (Wildman–Crippen LogP) is 0.0387. The summed E-state index contributed by atoms with van der Waals surface area (Å²) in [6, 6.07) is 0. The van der Waals surface area contributed by atoms with Crippen LogP contribution in [-0.2, 0) is 0 Å². The molecule has 0 radical (unpaired) electrons. The Morgan fingerprint density at radius 2 is 1.69 bits per heavy atom. The Kier molecular flexibility index (Phi) is 2.43. The first-order chi connectivity index (χ1) is 7.65. The Bertz CT molecular complexity index is 593. The number of fused-ring (bicyclic) bond motifs is 1. The smallest absolute Gasteiger partial charge is 0.279 e. The van der Waals surface area contributed by atoms with E-state index in [-0.39, 0.29) is 28.5 Å². The number of aryl methyl sites for hydroxylation is 1. The molecule has 7 nitrogen and oxygen atoms in total. The van der Waals surface area contributed by atoms with Crippen LogP contribution in [0, 0.1) is 6.92 Å². The molecule has 7 heteroatoms. The maximum atomic E-state index is 11.6. The molecule has 84 valence electrons. The Labute approximate surface area is 90.5 Å². The minimum absolute atomic E-state index is 0.128. The van der Waals surface area contributed by atoms with Crippen LogP contribution in [0.1, 0.15) is 5.82 Å². The fourth-order valence-electron chi connectivity index (χ4n) is 1.30. The highest BCUT2D eigenvalue weighted by atomic mass is 16.5. The van der Waals surface area contributed by atoms with E-state index in [0.717, 1.165) is 0 Å². The van der Waals surface area contributed by atoms with Gasteiger partial charge in [0.25, 0.3) is 17.3 Å². The number of hydrogen-bond acceptors (Lipinski definition) is 6. The normalized spacial score (nSPS) is 10.4. The van der Waals surface area contributed by atoms with Gasteiger partial charge < -0.3 is 14.5 Å². The molecule has 0 amide bonds. The van der Waals surface area contributed by atoms with Crippen molar-refractivity contribution in [2.45, 2.75) is 6.92 Å². The van der Waals surface area contributed by atoms with Crippen LogP contribution in [0.3, 0.4) is 0 Å². The van der Waals surface area contributed by atoms with Gasteiger partial charge in [-0.25, -0.2) is 4.98 Å². The SMILES string of the molecule is COc1nc2nc(C)[nH]c(=O)c2nc1OC. The van der Waals surface area contributed by atoms with E-state index < -0.39 is 0 Å². The minimum atomic E-state index is -0.351. The van der Waals surface area contributed by atoms with E-state index in [1.54, 1.807) is 6.92 Å². The molecule has 0 fully saturated rings. The van der Waals surface area contributed by atoms with Crippen LogP contribution in [0.5, 0.6) is 11.8 Å². The second-order valence-corrected chi connectivity index (χ2v) is 3.07. The number of ether oxygens (including phenoxy) is 2. The Hall–Kier alpha value is -2.18. The van der Waals surface area contributed by atoms with Crippen LogP contribution in [-0.4, -0.2) is 34.2 Å². The van der Waals surface area contributed by atoms with Crippen molar-refractivity contribution < 1.29 is 9.47 Å². The topological polar surface area (TPSA) is 90.0 Å². The minimum Gasteiger partial charge on any atom is -0.477 e. The molecule has 0 aliphatic heterocycles. The zero-order valence-corrected chi connectivity index (χ0v) is 9.07. The van der Waals surface area contributed by atoms with Crippen molar-refractivity contribution in [3.63, 3.8) is 0 Å². The van der Waals surface area contributed by atoms with E-state index in [4.69, 9.17) is 9.47 Å². The number of methoxy groups -OCH3 is 2. The molecule has 0 aliphatic rings. The predicted molar refractivity (Wildman–Crippen MR) is 55.8 cm³/mol. The summed E-state index contributed by atoms with van der Waals surface area (Å²) in [5.41, 5.74) is 0.0121. The molecule has 0 saturated carbocycles.